The van der Waals surface area contributed by atoms with Crippen molar-refractivity contribution in [2.45, 2.75) is 13.3 Å². The SMILES string of the molecule is COc1ccc(-c2cnc3c(Nc4ccc(C(=O)NCCCN5CCN(C)C(=O)C5)c(C)c4)nccn23)c(F)c1F. The van der Waals surface area contributed by atoms with Crippen molar-refractivity contribution in [3.05, 3.63) is 71.7 Å². The van der Waals surface area contributed by atoms with E-state index in [-0.39, 0.29) is 23.1 Å². The number of nitrogens with zero attached hydrogens (tertiary/aromatic N) is 5. The molecule has 41 heavy (non-hydrogen) atoms. The number of benzene rings is 2. The minimum atomic E-state index is -1.07. The lowest BCUT2D eigenvalue weighted by Crippen LogP contribution is -2.48. The van der Waals surface area contributed by atoms with Gasteiger partial charge in [-0.05, 0) is 49.2 Å². The van der Waals surface area contributed by atoms with Crippen LogP contribution in [0.5, 0.6) is 5.75 Å². The number of nitrogens with one attached hydrogen (secondary N) is 2. The van der Waals surface area contributed by atoms with E-state index in [0.29, 0.717) is 41.5 Å². The Balaban J connectivity index is 1.24. The summed E-state index contributed by atoms with van der Waals surface area (Å²) in [5.41, 5.74) is 2.81. The molecule has 1 saturated heterocycles. The molecule has 0 bridgehead atoms. The van der Waals surface area contributed by atoms with Gasteiger partial charge in [0.2, 0.25) is 11.7 Å². The maximum absolute atomic E-state index is 14.8. The summed E-state index contributed by atoms with van der Waals surface area (Å²) in [6.07, 6.45) is 5.35. The van der Waals surface area contributed by atoms with Gasteiger partial charge in [0.05, 0.1) is 25.5 Å². The Morgan fingerprint density at radius 2 is 1.95 bits per heavy atom. The summed E-state index contributed by atoms with van der Waals surface area (Å²) < 4.78 is 35.6. The normalized spacial score (nSPS) is 14.0. The molecule has 2 N–H and O–H groups in total. The fourth-order valence-electron chi connectivity index (χ4n) is 4.82. The van der Waals surface area contributed by atoms with Crippen LogP contribution in [0.3, 0.4) is 0 Å². The van der Waals surface area contributed by atoms with Crippen molar-refractivity contribution in [2.75, 3.05) is 52.2 Å². The first-order valence-corrected chi connectivity index (χ1v) is 13.2. The molecular weight excluding hydrogens is 532 g/mol. The Labute approximate surface area is 235 Å². The molecule has 2 amide bonds. The standard InChI is InChI=1S/C29H31F2N7O3/c1-18-15-19(5-6-20(18)29(40)33-9-4-11-37-14-13-36(2)24(39)17-37)35-27-28-34-16-22(38(28)12-10-32-27)21-7-8-23(41-3)26(31)25(21)30/h5-8,10,12,15-16H,4,9,11,13-14,17H2,1-3H3,(H,32,35)(H,33,40). The highest BCUT2D eigenvalue weighted by molar-refractivity contribution is 5.96. The van der Waals surface area contributed by atoms with Crippen LogP contribution >= 0.6 is 0 Å². The van der Waals surface area contributed by atoms with Crippen LogP contribution < -0.4 is 15.4 Å². The summed E-state index contributed by atoms with van der Waals surface area (Å²) >= 11 is 0. The van der Waals surface area contributed by atoms with Gasteiger partial charge in [0.25, 0.3) is 5.91 Å². The van der Waals surface area contributed by atoms with Crippen molar-refractivity contribution < 1.29 is 23.1 Å². The zero-order chi connectivity index (χ0) is 29.1. The first-order valence-electron chi connectivity index (χ1n) is 13.2. The first kappa shape index (κ1) is 28.0. The van der Waals surface area contributed by atoms with Gasteiger partial charge < -0.3 is 20.3 Å². The van der Waals surface area contributed by atoms with Gasteiger partial charge in [-0.2, -0.15) is 4.39 Å². The predicted octanol–water partition coefficient (Wildman–Crippen LogP) is 3.63. The van der Waals surface area contributed by atoms with Crippen molar-refractivity contribution in [3.8, 4) is 17.0 Å². The van der Waals surface area contributed by atoms with Crippen molar-refractivity contribution in [3.63, 3.8) is 0 Å². The van der Waals surface area contributed by atoms with Crippen molar-refractivity contribution >= 4 is 29.0 Å². The van der Waals surface area contributed by atoms with Gasteiger partial charge in [0, 0.05) is 62.4 Å². The average molecular weight is 564 g/mol. The van der Waals surface area contributed by atoms with Gasteiger partial charge in [-0.15, -0.1) is 0 Å². The smallest absolute Gasteiger partial charge is 0.251 e. The lowest BCUT2D eigenvalue weighted by Gasteiger charge is -2.31. The Hall–Kier alpha value is -4.58. The van der Waals surface area contributed by atoms with Gasteiger partial charge in [0.1, 0.15) is 0 Å². The molecule has 0 radical (unpaired) electrons. The third kappa shape index (κ3) is 5.82. The molecule has 12 heteroatoms. The van der Waals surface area contributed by atoms with E-state index in [1.165, 1.54) is 31.6 Å². The molecule has 0 saturated carbocycles. The molecular formula is C29H31F2N7O3. The van der Waals surface area contributed by atoms with E-state index in [4.69, 9.17) is 4.74 Å². The number of halogens is 2. The molecule has 0 atom stereocenters. The number of imidazole rings is 1. The number of amides is 2. The molecule has 0 aliphatic carbocycles. The number of hydrogen-bond acceptors (Lipinski definition) is 7. The molecule has 4 aromatic rings. The molecule has 2 aromatic heterocycles. The Morgan fingerprint density at radius 3 is 2.71 bits per heavy atom. The topological polar surface area (TPSA) is 104 Å². The average Bonchev–Trinajstić information content (AvgIpc) is 3.39. The summed E-state index contributed by atoms with van der Waals surface area (Å²) in [5.74, 6) is -1.93. The van der Waals surface area contributed by atoms with Crippen molar-refractivity contribution in [1.82, 2.24) is 29.5 Å². The second-order valence-corrected chi connectivity index (χ2v) is 9.91. The fourth-order valence-corrected chi connectivity index (χ4v) is 4.82. The van der Waals surface area contributed by atoms with E-state index >= 15 is 0 Å². The monoisotopic (exact) mass is 563 g/mol. The number of likely N-dealkylation sites (N-methyl/N-ethyl adjacent to an activating group) is 1. The number of rotatable bonds is 9. The zero-order valence-electron chi connectivity index (χ0n) is 23.1. The highest BCUT2D eigenvalue weighted by Gasteiger charge is 2.21. The molecule has 0 spiro atoms. The summed E-state index contributed by atoms with van der Waals surface area (Å²) in [4.78, 5) is 37.2. The van der Waals surface area contributed by atoms with Gasteiger partial charge >= 0.3 is 0 Å². The molecule has 214 valence electrons. The van der Waals surface area contributed by atoms with Crippen LogP contribution in [0.15, 0.2) is 48.9 Å². The number of aromatic nitrogens is 3. The summed E-state index contributed by atoms with van der Waals surface area (Å²) in [7, 11) is 3.08. The number of piperazine rings is 1. The van der Waals surface area contributed by atoms with E-state index in [1.54, 1.807) is 27.6 Å². The second kappa shape index (κ2) is 11.9. The van der Waals surface area contributed by atoms with Crippen LogP contribution in [0.1, 0.15) is 22.3 Å². The largest absolute Gasteiger partial charge is 0.494 e. The third-order valence-electron chi connectivity index (χ3n) is 7.18. The Bertz CT molecular complexity index is 1610. The fraction of sp³-hybridized carbons (Fsp3) is 0.310. The highest BCUT2D eigenvalue weighted by Crippen LogP contribution is 2.31. The number of ether oxygens (including phenoxy) is 1. The quantitative estimate of drug-likeness (QED) is 0.300. The molecule has 10 nitrogen and oxygen atoms in total. The molecule has 0 unspecified atom stereocenters. The minimum Gasteiger partial charge on any atom is -0.494 e. The lowest BCUT2D eigenvalue weighted by molar-refractivity contribution is -0.134. The van der Waals surface area contributed by atoms with Crippen LogP contribution in [0, 0.1) is 18.6 Å². The number of methoxy groups -OCH3 is 1. The maximum Gasteiger partial charge on any atom is 0.251 e. The summed E-state index contributed by atoms with van der Waals surface area (Å²) in [6, 6.07) is 8.14. The zero-order valence-corrected chi connectivity index (χ0v) is 23.1. The number of carbonyl (C=O) groups excluding carboxylic acids is 2. The van der Waals surface area contributed by atoms with Crippen LogP contribution in [0.4, 0.5) is 20.3 Å². The Morgan fingerprint density at radius 1 is 1.12 bits per heavy atom. The van der Waals surface area contributed by atoms with Crippen LogP contribution in [0.25, 0.3) is 16.9 Å². The molecule has 1 aliphatic heterocycles. The van der Waals surface area contributed by atoms with E-state index in [2.05, 4.69) is 25.5 Å². The van der Waals surface area contributed by atoms with Gasteiger partial charge in [-0.25, -0.2) is 14.4 Å². The third-order valence-corrected chi connectivity index (χ3v) is 7.18. The molecule has 5 rings (SSSR count). The lowest BCUT2D eigenvalue weighted by atomic mass is 10.1. The number of fused-ring (bicyclic) bond motifs is 1. The summed E-state index contributed by atoms with van der Waals surface area (Å²) in [6.45, 7) is 5.07. The number of carbonyl (C=O) groups is 2. The van der Waals surface area contributed by atoms with Gasteiger partial charge in [-0.3, -0.25) is 18.9 Å². The van der Waals surface area contributed by atoms with E-state index in [9.17, 15) is 18.4 Å². The van der Waals surface area contributed by atoms with E-state index < -0.39 is 11.6 Å². The molecule has 1 fully saturated rings. The predicted molar refractivity (Wildman–Crippen MR) is 150 cm³/mol. The van der Waals surface area contributed by atoms with Crippen LogP contribution in [-0.2, 0) is 4.79 Å². The van der Waals surface area contributed by atoms with E-state index in [0.717, 1.165) is 31.6 Å². The molecule has 1 aliphatic rings. The van der Waals surface area contributed by atoms with Gasteiger partial charge in [-0.1, -0.05) is 0 Å². The maximum atomic E-state index is 14.8. The molecule has 3 heterocycles. The number of aryl methyl sites for hydroxylation is 1. The Kier molecular flexibility index (Phi) is 8.11. The first-order chi connectivity index (χ1) is 19.8. The number of anilines is 2. The molecule has 2 aromatic carbocycles. The van der Waals surface area contributed by atoms with Crippen LogP contribution in [-0.4, -0.2) is 82.9 Å². The van der Waals surface area contributed by atoms with Gasteiger partial charge in [0.15, 0.2) is 23.0 Å². The summed E-state index contributed by atoms with van der Waals surface area (Å²) in [5, 5.41) is 6.16. The van der Waals surface area contributed by atoms with Crippen molar-refractivity contribution in [1.29, 1.82) is 0 Å². The highest BCUT2D eigenvalue weighted by atomic mass is 19.2. The number of hydrogen-bond donors (Lipinski definition) is 2. The van der Waals surface area contributed by atoms with Crippen molar-refractivity contribution in [2.24, 2.45) is 0 Å². The van der Waals surface area contributed by atoms with E-state index in [1.807, 2.05) is 20.0 Å². The minimum absolute atomic E-state index is 0.0381. The second-order valence-electron chi connectivity index (χ2n) is 9.91. The van der Waals surface area contributed by atoms with Crippen LogP contribution in [0.2, 0.25) is 0 Å².